The molecule has 112 valence electrons. The van der Waals surface area contributed by atoms with Gasteiger partial charge in [-0.2, -0.15) is 0 Å². The molecule has 4 heteroatoms. The lowest BCUT2D eigenvalue weighted by atomic mass is 9.98. The molecule has 1 fully saturated rings. The molecular weight excluding hydrogens is 342 g/mol. The van der Waals surface area contributed by atoms with Crippen molar-refractivity contribution in [3.63, 3.8) is 0 Å². The molecular formula is C18H16BrNO2. The lowest BCUT2D eigenvalue weighted by Crippen LogP contribution is -2.30. The summed E-state index contributed by atoms with van der Waals surface area (Å²) in [6.45, 7) is 1.97. The van der Waals surface area contributed by atoms with E-state index >= 15 is 0 Å². The van der Waals surface area contributed by atoms with Gasteiger partial charge in [-0.25, -0.2) is 0 Å². The molecule has 2 amide bonds. The minimum absolute atomic E-state index is 0.107. The molecule has 0 saturated carbocycles. The zero-order valence-electron chi connectivity index (χ0n) is 12.3. The first kappa shape index (κ1) is 15.0. The van der Waals surface area contributed by atoms with Gasteiger partial charge in [0.1, 0.15) is 0 Å². The Morgan fingerprint density at radius 3 is 2.55 bits per heavy atom. The smallest absolute Gasteiger partial charge is 0.237 e. The minimum atomic E-state index is -0.269. The van der Waals surface area contributed by atoms with Gasteiger partial charge in [0.15, 0.2) is 0 Å². The number of aryl methyl sites for hydroxylation is 1. The number of hydrogen-bond donors (Lipinski definition) is 0. The number of benzene rings is 2. The van der Waals surface area contributed by atoms with Crippen LogP contribution in [0.2, 0.25) is 0 Å². The molecule has 0 unspecified atom stereocenters. The maximum Gasteiger partial charge on any atom is 0.237 e. The molecule has 1 saturated heterocycles. The summed E-state index contributed by atoms with van der Waals surface area (Å²) in [5.41, 5.74) is 2.80. The Bertz CT molecular complexity index is 727. The van der Waals surface area contributed by atoms with Gasteiger partial charge in [-0.3, -0.25) is 14.5 Å². The Morgan fingerprint density at radius 1 is 1.14 bits per heavy atom. The van der Waals surface area contributed by atoms with Crippen LogP contribution >= 0.6 is 15.9 Å². The molecule has 0 bridgehead atoms. The van der Waals surface area contributed by atoms with E-state index in [9.17, 15) is 9.59 Å². The Kier molecular flexibility index (Phi) is 4.12. The lowest BCUT2D eigenvalue weighted by Gasteiger charge is -2.16. The summed E-state index contributed by atoms with van der Waals surface area (Å²) in [7, 11) is 0. The molecule has 1 aliphatic rings. The molecule has 3 rings (SSSR count). The second-order valence-electron chi connectivity index (χ2n) is 5.59. The third kappa shape index (κ3) is 2.83. The van der Waals surface area contributed by atoms with Crippen molar-refractivity contribution < 1.29 is 9.59 Å². The first-order chi connectivity index (χ1) is 10.6. The normalized spacial score (nSPS) is 18.1. The Hall–Kier alpha value is -1.94. The minimum Gasteiger partial charge on any atom is -0.274 e. The van der Waals surface area contributed by atoms with Gasteiger partial charge in [0.2, 0.25) is 11.8 Å². The van der Waals surface area contributed by atoms with Gasteiger partial charge in [-0.15, -0.1) is 0 Å². The van der Waals surface area contributed by atoms with Crippen LogP contribution in [-0.4, -0.2) is 11.8 Å². The lowest BCUT2D eigenvalue weighted by molar-refractivity contribution is -0.122. The maximum absolute atomic E-state index is 12.6. The van der Waals surface area contributed by atoms with E-state index in [1.165, 1.54) is 4.90 Å². The van der Waals surface area contributed by atoms with Gasteiger partial charge in [-0.1, -0.05) is 52.3 Å². The van der Waals surface area contributed by atoms with Crippen LogP contribution in [0.1, 0.15) is 17.5 Å². The largest absolute Gasteiger partial charge is 0.274 e. The van der Waals surface area contributed by atoms with Crippen LogP contribution in [0.3, 0.4) is 0 Å². The summed E-state index contributed by atoms with van der Waals surface area (Å²) in [5.74, 6) is -0.499. The fourth-order valence-corrected chi connectivity index (χ4v) is 3.11. The molecule has 0 aliphatic carbocycles. The predicted octanol–water partition coefficient (Wildman–Crippen LogP) is 3.88. The van der Waals surface area contributed by atoms with Gasteiger partial charge in [0, 0.05) is 10.9 Å². The van der Waals surface area contributed by atoms with Crippen molar-refractivity contribution in [1.82, 2.24) is 0 Å². The van der Waals surface area contributed by atoms with E-state index in [4.69, 9.17) is 0 Å². The van der Waals surface area contributed by atoms with E-state index in [0.29, 0.717) is 12.1 Å². The molecule has 2 aromatic carbocycles. The fraction of sp³-hybridized carbons (Fsp3) is 0.222. The van der Waals surface area contributed by atoms with Crippen LogP contribution in [0, 0.1) is 12.8 Å². The fourth-order valence-electron chi connectivity index (χ4n) is 2.75. The number of halogens is 1. The third-order valence-corrected chi connectivity index (χ3v) is 4.83. The van der Waals surface area contributed by atoms with E-state index in [1.54, 1.807) is 0 Å². The molecule has 1 atom stereocenters. The topological polar surface area (TPSA) is 37.4 Å². The van der Waals surface area contributed by atoms with Crippen molar-refractivity contribution in [3.8, 4) is 0 Å². The van der Waals surface area contributed by atoms with Crippen molar-refractivity contribution in [1.29, 1.82) is 0 Å². The van der Waals surface area contributed by atoms with Crippen LogP contribution in [0.25, 0.3) is 0 Å². The SMILES string of the molecule is Cc1ccc(N2C(=O)C[C@@H](Cc3ccccc3)C2=O)cc1Br. The van der Waals surface area contributed by atoms with Crippen LogP contribution in [0.15, 0.2) is 53.0 Å². The molecule has 1 aliphatic heterocycles. The molecule has 1 heterocycles. The van der Waals surface area contributed by atoms with E-state index in [1.807, 2.05) is 55.5 Å². The number of hydrogen-bond acceptors (Lipinski definition) is 2. The standard InChI is InChI=1S/C18H16BrNO2/c1-12-7-8-15(11-16(12)19)20-17(21)10-14(18(20)22)9-13-5-3-2-4-6-13/h2-8,11,14H,9-10H2,1H3/t14-/m1/s1. The average molecular weight is 358 g/mol. The quantitative estimate of drug-likeness (QED) is 0.781. The predicted molar refractivity (Wildman–Crippen MR) is 89.6 cm³/mol. The summed E-state index contributed by atoms with van der Waals surface area (Å²) >= 11 is 3.45. The van der Waals surface area contributed by atoms with Gasteiger partial charge >= 0.3 is 0 Å². The third-order valence-electron chi connectivity index (χ3n) is 3.98. The van der Waals surface area contributed by atoms with E-state index < -0.39 is 0 Å². The van der Waals surface area contributed by atoms with Crippen LogP contribution in [0.5, 0.6) is 0 Å². The molecule has 0 spiro atoms. The van der Waals surface area contributed by atoms with Gasteiger partial charge in [-0.05, 0) is 36.6 Å². The zero-order chi connectivity index (χ0) is 15.7. The highest BCUT2D eigenvalue weighted by molar-refractivity contribution is 9.10. The number of imide groups is 1. The highest BCUT2D eigenvalue weighted by Crippen LogP contribution is 2.31. The Labute approximate surface area is 138 Å². The molecule has 2 aromatic rings. The number of carbonyl (C=O) groups is 2. The monoisotopic (exact) mass is 357 g/mol. The Balaban J connectivity index is 1.83. The molecule has 0 N–H and O–H groups in total. The number of anilines is 1. The summed E-state index contributed by atoms with van der Waals surface area (Å²) in [4.78, 5) is 26.2. The van der Waals surface area contributed by atoms with Crippen molar-refractivity contribution in [2.45, 2.75) is 19.8 Å². The van der Waals surface area contributed by atoms with Crippen LogP contribution in [0.4, 0.5) is 5.69 Å². The highest BCUT2D eigenvalue weighted by Gasteiger charge is 2.39. The van der Waals surface area contributed by atoms with E-state index in [-0.39, 0.29) is 24.2 Å². The van der Waals surface area contributed by atoms with Crippen molar-refractivity contribution in [3.05, 3.63) is 64.1 Å². The first-order valence-electron chi connectivity index (χ1n) is 7.23. The summed E-state index contributed by atoms with van der Waals surface area (Å²) in [6.07, 6.45) is 0.883. The van der Waals surface area contributed by atoms with Gasteiger partial charge in [0.25, 0.3) is 0 Å². The molecule has 3 nitrogen and oxygen atoms in total. The summed E-state index contributed by atoms with van der Waals surface area (Å²) in [6, 6.07) is 15.4. The van der Waals surface area contributed by atoms with Crippen molar-refractivity contribution in [2.75, 3.05) is 4.90 Å². The average Bonchev–Trinajstić information content (AvgIpc) is 2.78. The van der Waals surface area contributed by atoms with Crippen LogP contribution < -0.4 is 4.90 Å². The summed E-state index contributed by atoms with van der Waals surface area (Å²) < 4.78 is 0.900. The van der Waals surface area contributed by atoms with Crippen molar-refractivity contribution in [2.24, 2.45) is 5.92 Å². The van der Waals surface area contributed by atoms with Crippen LogP contribution in [-0.2, 0) is 16.0 Å². The second-order valence-corrected chi connectivity index (χ2v) is 6.45. The number of rotatable bonds is 3. The zero-order valence-corrected chi connectivity index (χ0v) is 13.8. The second kappa shape index (κ2) is 6.05. The summed E-state index contributed by atoms with van der Waals surface area (Å²) in [5, 5.41) is 0. The Morgan fingerprint density at radius 2 is 1.86 bits per heavy atom. The van der Waals surface area contributed by atoms with Gasteiger partial charge < -0.3 is 0 Å². The number of carbonyl (C=O) groups excluding carboxylic acids is 2. The van der Waals surface area contributed by atoms with E-state index in [2.05, 4.69) is 15.9 Å². The number of amides is 2. The number of nitrogens with zero attached hydrogens (tertiary/aromatic N) is 1. The molecule has 0 radical (unpaired) electrons. The molecule has 0 aromatic heterocycles. The maximum atomic E-state index is 12.6. The first-order valence-corrected chi connectivity index (χ1v) is 8.02. The van der Waals surface area contributed by atoms with Gasteiger partial charge in [0.05, 0.1) is 11.6 Å². The highest BCUT2D eigenvalue weighted by atomic mass is 79.9. The molecule has 22 heavy (non-hydrogen) atoms. The van der Waals surface area contributed by atoms with E-state index in [0.717, 1.165) is 15.6 Å². The van der Waals surface area contributed by atoms with Crippen molar-refractivity contribution >= 4 is 33.4 Å².